The minimum atomic E-state index is -0.445. The van der Waals surface area contributed by atoms with Crippen LogP contribution in [-0.2, 0) is 11.3 Å². The average molecular weight is 312 g/mol. The molecule has 0 unspecified atom stereocenters. The summed E-state index contributed by atoms with van der Waals surface area (Å²) >= 11 is 5.75. The highest BCUT2D eigenvalue weighted by Gasteiger charge is 2.07. The SMILES string of the molecule is O=C(COc1ccc(F)cc1)NCc1cc(Cl)ccc1F. The minimum Gasteiger partial charge on any atom is -0.484 e. The van der Waals surface area contributed by atoms with Crippen molar-refractivity contribution in [3.05, 3.63) is 64.7 Å². The molecule has 0 aromatic heterocycles. The zero-order chi connectivity index (χ0) is 15.2. The van der Waals surface area contributed by atoms with E-state index in [1.807, 2.05) is 0 Å². The third-order valence-corrected chi connectivity index (χ3v) is 2.90. The van der Waals surface area contributed by atoms with Crippen molar-refractivity contribution in [1.82, 2.24) is 5.32 Å². The lowest BCUT2D eigenvalue weighted by Crippen LogP contribution is -2.28. The molecule has 2 aromatic rings. The molecular weight excluding hydrogens is 300 g/mol. The fourth-order valence-electron chi connectivity index (χ4n) is 1.60. The Bertz CT molecular complexity index is 632. The van der Waals surface area contributed by atoms with Gasteiger partial charge in [0, 0.05) is 17.1 Å². The van der Waals surface area contributed by atoms with Crippen LogP contribution in [-0.4, -0.2) is 12.5 Å². The van der Waals surface area contributed by atoms with Crippen molar-refractivity contribution >= 4 is 17.5 Å². The maximum Gasteiger partial charge on any atom is 0.258 e. The second-order valence-electron chi connectivity index (χ2n) is 4.26. The maximum absolute atomic E-state index is 13.4. The number of hydrogen-bond donors (Lipinski definition) is 1. The highest BCUT2D eigenvalue weighted by atomic mass is 35.5. The van der Waals surface area contributed by atoms with E-state index in [0.717, 1.165) is 0 Å². The Morgan fingerprint density at radius 1 is 1.14 bits per heavy atom. The number of hydrogen-bond acceptors (Lipinski definition) is 2. The third-order valence-electron chi connectivity index (χ3n) is 2.67. The van der Waals surface area contributed by atoms with Crippen LogP contribution >= 0.6 is 11.6 Å². The average Bonchev–Trinajstić information content (AvgIpc) is 2.47. The Balaban J connectivity index is 1.82. The molecule has 0 saturated heterocycles. The molecule has 6 heteroatoms. The number of ether oxygens (including phenoxy) is 1. The van der Waals surface area contributed by atoms with Gasteiger partial charge < -0.3 is 10.1 Å². The number of benzene rings is 2. The maximum atomic E-state index is 13.4. The van der Waals surface area contributed by atoms with E-state index in [1.165, 1.54) is 42.5 Å². The van der Waals surface area contributed by atoms with Gasteiger partial charge in [-0.3, -0.25) is 4.79 Å². The lowest BCUT2D eigenvalue weighted by atomic mass is 10.2. The molecule has 0 aliphatic heterocycles. The Hall–Kier alpha value is -2.14. The minimum absolute atomic E-state index is 0.0119. The first-order chi connectivity index (χ1) is 10.0. The fraction of sp³-hybridized carbons (Fsp3) is 0.133. The van der Waals surface area contributed by atoms with Crippen molar-refractivity contribution in [3.8, 4) is 5.75 Å². The van der Waals surface area contributed by atoms with E-state index >= 15 is 0 Å². The summed E-state index contributed by atoms with van der Waals surface area (Å²) in [4.78, 5) is 11.6. The van der Waals surface area contributed by atoms with Crippen molar-refractivity contribution in [2.45, 2.75) is 6.54 Å². The van der Waals surface area contributed by atoms with Crippen LogP contribution in [0.5, 0.6) is 5.75 Å². The second-order valence-corrected chi connectivity index (χ2v) is 4.69. The van der Waals surface area contributed by atoms with Crippen LogP contribution in [0.1, 0.15) is 5.56 Å². The molecule has 2 rings (SSSR count). The fourth-order valence-corrected chi connectivity index (χ4v) is 1.80. The van der Waals surface area contributed by atoms with Crippen molar-refractivity contribution in [1.29, 1.82) is 0 Å². The molecule has 21 heavy (non-hydrogen) atoms. The zero-order valence-corrected chi connectivity index (χ0v) is 11.7. The first-order valence-electron chi connectivity index (χ1n) is 6.13. The van der Waals surface area contributed by atoms with Gasteiger partial charge in [-0.1, -0.05) is 11.6 Å². The van der Waals surface area contributed by atoms with Crippen LogP contribution in [0, 0.1) is 11.6 Å². The summed E-state index contributed by atoms with van der Waals surface area (Å²) in [5, 5.41) is 2.90. The number of rotatable bonds is 5. The monoisotopic (exact) mass is 311 g/mol. The molecule has 1 amide bonds. The second kappa shape index (κ2) is 7.04. The summed E-state index contributed by atoms with van der Waals surface area (Å²) in [5.74, 6) is -0.874. The molecule has 1 N–H and O–H groups in total. The van der Waals surface area contributed by atoms with Gasteiger partial charge >= 0.3 is 0 Å². The molecule has 3 nitrogen and oxygen atoms in total. The number of halogens is 3. The van der Waals surface area contributed by atoms with Gasteiger partial charge in [0.15, 0.2) is 6.61 Å². The Morgan fingerprint density at radius 3 is 2.57 bits per heavy atom. The molecule has 0 aliphatic carbocycles. The predicted molar refractivity (Wildman–Crippen MR) is 75.2 cm³/mol. The van der Waals surface area contributed by atoms with Crippen molar-refractivity contribution in [3.63, 3.8) is 0 Å². The highest BCUT2D eigenvalue weighted by molar-refractivity contribution is 6.30. The highest BCUT2D eigenvalue weighted by Crippen LogP contribution is 2.14. The Morgan fingerprint density at radius 2 is 1.86 bits per heavy atom. The lowest BCUT2D eigenvalue weighted by molar-refractivity contribution is -0.123. The third kappa shape index (κ3) is 4.72. The molecule has 0 saturated carbocycles. The van der Waals surface area contributed by atoms with E-state index in [-0.39, 0.29) is 24.5 Å². The molecular formula is C15H12ClF2NO2. The van der Waals surface area contributed by atoms with Gasteiger partial charge in [0.05, 0.1) is 0 Å². The summed E-state index contributed by atoms with van der Waals surface area (Å²) in [5.41, 5.74) is 0.289. The number of carbonyl (C=O) groups is 1. The number of nitrogens with one attached hydrogen (secondary N) is 1. The van der Waals surface area contributed by atoms with Crippen molar-refractivity contribution < 1.29 is 18.3 Å². The molecule has 0 radical (unpaired) electrons. The standard InChI is InChI=1S/C15H12ClF2NO2/c16-11-1-6-14(18)10(7-11)8-19-15(20)9-21-13-4-2-12(17)3-5-13/h1-7H,8-9H2,(H,19,20). The zero-order valence-electron chi connectivity index (χ0n) is 10.9. The smallest absolute Gasteiger partial charge is 0.258 e. The van der Waals surface area contributed by atoms with Crippen molar-refractivity contribution in [2.24, 2.45) is 0 Å². The van der Waals surface area contributed by atoms with Crippen LogP contribution < -0.4 is 10.1 Å². The topological polar surface area (TPSA) is 38.3 Å². The Labute approximate surface area is 125 Å². The van der Waals surface area contributed by atoms with Crippen LogP contribution in [0.4, 0.5) is 8.78 Å². The van der Waals surface area contributed by atoms with Gasteiger partial charge in [-0.05, 0) is 42.5 Å². The quantitative estimate of drug-likeness (QED) is 0.920. The van der Waals surface area contributed by atoms with Gasteiger partial charge in [0.1, 0.15) is 17.4 Å². The van der Waals surface area contributed by atoms with Crippen LogP contribution in [0.15, 0.2) is 42.5 Å². The Kier molecular flexibility index (Phi) is 5.11. The van der Waals surface area contributed by atoms with Gasteiger partial charge in [-0.25, -0.2) is 8.78 Å². The molecule has 0 atom stereocenters. The summed E-state index contributed by atoms with van der Waals surface area (Å²) in [6.45, 7) is -0.230. The first kappa shape index (κ1) is 15.3. The molecule has 110 valence electrons. The van der Waals surface area contributed by atoms with Crippen molar-refractivity contribution in [2.75, 3.05) is 6.61 Å². The van der Waals surface area contributed by atoms with E-state index < -0.39 is 11.7 Å². The largest absolute Gasteiger partial charge is 0.484 e. The molecule has 0 fully saturated rings. The van der Waals surface area contributed by atoms with E-state index in [9.17, 15) is 13.6 Å². The van der Waals surface area contributed by atoms with Crippen LogP contribution in [0.25, 0.3) is 0 Å². The van der Waals surface area contributed by atoms with Gasteiger partial charge in [-0.2, -0.15) is 0 Å². The molecule has 0 bridgehead atoms. The first-order valence-corrected chi connectivity index (χ1v) is 6.51. The molecule has 0 spiro atoms. The normalized spacial score (nSPS) is 10.2. The van der Waals surface area contributed by atoms with Crippen LogP contribution in [0.2, 0.25) is 5.02 Å². The summed E-state index contributed by atoms with van der Waals surface area (Å²) in [7, 11) is 0. The number of amides is 1. The van der Waals surface area contributed by atoms with E-state index in [1.54, 1.807) is 0 Å². The van der Waals surface area contributed by atoms with Crippen LogP contribution in [0.3, 0.4) is 0 Å². The van der Waals surface area contributed by atoms with Gasteiger partial charge in [0.25, 0.3) is 5.91 Å². The van der Waals surface area contributed by atoms with Gasteiger partial charge in [0.2, 0.25) is 0 Å². The van der Waals surface area contributed by atoms with E-state index in [2.05, 4.69) is 5.32 Å². The summed E-state index contributed by atoms with van der Waals surface area (Å²) < 4.78 is 31.3. The molecule has 0 aliphatic rings. The van der Waals surface area contributed by atoms with E-state index in [0.29, 0.717) is 10.8 Å². The summed E-state index contributed by atoms with van der Waals surface area (Å²) in [6.07, 6.45) is 0. The van der Waals surface area contributed by atoms with E-state index in [4.69, 9.17) is 16.3 Å². The molecule has 0 heterocycles. The lowest BCUT2D eigenvalue weighted by Gasteiger charge is -2.08. The van der Waals surface area contributed by atoms with Gasteiger partial charge in [-0.15, -0.1) is 0 Å². The number of carbonyl (C=O) groups excluding carboxylic acids is 1. The molecule has 2 aromatic carbocycles. The predicted octanol–water partition coefficient (Wildman–Crippen LogP) is 3.31. The summed E-state index contributed by atoms with van der Waals surface area (Å²) in [6, 6.07) is 9.40.